The Bertz CT molecular complexity index is 178. The van der Waals surface area contributed by atoms with Crippen molar-refractivity contribution in [2.45, 2.75) is 90.2 Å². The third-order valence-electron chi connectivity index (χ3n) is 3.95. The fourth-order valence-corrected chi connectivity index (χ4v) is 2.69. The molecule has 1 fully saturated rings. The Morgan fingerprint density at radius 2 is 1.78 bits per heavy atom. The van der Waals surface area contributed by atoms with Crippen LogP contribution in [0.5, 0.6) is 0 Å². The fourth-order valence-electron chi connectivity index (χ4n) is 2.69. The molecular weight excluding hydrogens is 222 g/mol. The van der Waals surface area contributed by atoms with E-state index in [9.17, 15) is 0 Å². The zero-order chi connectivity index (χ0) is 13.1. The van der Waals surface area contributed by atoms with Gasteiger partial charge in [0.1, 0.15) is 0 Å². The van der Waals surface area contributed by atoms with Crippen molar-refractivity contribution in [3.05, 3.63) is 0 Å². The first-order valence-corrected chi connectivity index (χ1v) is 8.18. The summed E-state index contributed by atoms with van der Waals surface area (Å²) in [4.78, 5) is 0. The summed E-state index contributed by atoms with van der Waals surface area (Å²) in [5.41, 5.74) is 0. The van der Waals surface area contributed by atoms with E-state index in [4.69, 9.17) is 4.74 Å². The summed E-state index contributed by atoms with van der Waals surface area (Å²) in [7, 11) is 0. The van der Waals surface area contributed by atoms with E-state index in [2.05, 4.69) is 19.2 Å². The van der Waals surface area contributed by atoms with Crippen LogP contribution in [0.15, 0.2) is 0 Å². The van der Waals surface area contributed by atoms with Crippen LogP contribution >= 0.6 is 0 Å². The molecule has 0 bridgehead atoms. The maximum Gasteiger partial charge on any atom is 0.0671 e. The highest BCUT2D eigenvalue weighted by atomic mass is 16.5. The maximum absolute atomic E-state index is 5.85. The zero-order valence-corrected chi connectivity index (χ0v) is 12.5. The zero-order valence-electron chi connectivity index (χ0n) is 12.5. The Balaban J connectivity index is 1.88. The lowest BCUT2D eigenvalue weighted by Crippen LogP contribution is -2.36. The molecule has 2 nitrogen and oxygen atoms in total. The Labute approximate surface area is 114 Å². The third-order valence-corrected chi connectivity index (χ3v) is 3.95. The van der Waals surface area contributed by atoms with Crippen LogP contribution in [0.4, 0.5) is 0 Å². The van der Waals surface area contributed by atoms with Gasteiger partial charge in [-0.2, -0.15) is 0 Å². The molecule has 0 aliphatic heterocycles. The number of hydrogen-bond acceptors (Lipinski definition) is 2. The highest BCUT2D eigenvalue weighted by Gasteiger charge is 2.13. The summed E-state index contributed by atoms with van der Waals surface area (Å²) in [6.45, 7) is 6.42. The average Bonchev–Trinajstić information content (AvgIpc) is 2.41. The maximum atomic E-state index is 5.85. The molecule has 2 heteroatoms. The molecule has 18 heavy (non-hydrogen) atoms. The van der Waals surface area contributed by atoms with Gasteiger partial charge in [0.05, 0.1) is 6.10 Å². The predicted octanol–water partition coefficient (Wildman–Crippen LogP) is 4.28. The lowest BCUT2D eigenvalue weighted by atomic mass is 9.95. The molecule has 0 spiro atoms. The fraction of sp³-hybridized carbons (Fsp3) is 1.00. The first kappa shape index (κ1) is 16.0. The van der Waals surface area contributed by atoms with Gasteiger partial charge in [0.15, 0.2) is 0 Å². The van der Waals surface area contributed by atoms with Crippen LogP contribution in [0.3, 0.4) is 0 Å². The highest BCUT2D eigenvalue weighted by molar-refractivity contribution is 4.72. The number of hydrogen-bond donors (Lipinski definition) is 1. The van der Waals surface area contributed by atoms with Crippen molar-refractivity contribution in [1.82, 2.24) is 5.32 Å². The van der Waals surface area contributed by atoms with Gasteiger partial charge in [-0.1, -0.05) is 51.9 Å². The van der Waals surface area contributed by atoms with E-state index < -0.39 is 0 Å². The summed E-state index contributed by atoms with van der Waals surface area (Å²) >= 11 is 0. The highest BCUT2D eigenvalue weighted by Crippen LogP contribution is 2.17. The summed E-state index contributed by atoms with van der Waals surface area (Å²) < 4.78 is 5.85. The number of ether oxygens (including phenoxy) is 1. The van der Waals surface area contributed by atoms with E-state index in [1.165, 1.54) is 64.2 Å². The summed E-state index contributed by atoms with van der Waals surface area (Å²) in [5, 5.41) is 3.66. The molecule has 0 saturated heterocycles. The number of unbranched alkanes of at least 4 members (excludes halogenated alkanes) is 4. The van der Waals surface area contributed by atoms with E-state index in [0.717, 1.165) is 19.2 Å². The molecule has 0 aromatic carbocycles. The molecule has 1 aliphatic rings. The first-order chi connectivity index (χ1) is 8.83. The van der Waals surface area contributed by atoms with Gasteiger partial charge in [0.2, 0.25) is 0 Å². The summed E-state index contributed by atoms with van der Waals surface area (Å²) in [5.74, 6) is 0. The van der Waals surface area contributed by atoms with E-state index in [-0.39, 0.29) is 0 Å². The molecule has 1 aliphatic carbocycles. The predicted molar refractivity (Wildman–Crippen MR) is 79.0 cm³/mol. The van der Waals surface area contributed by atoms with Gasteiger partial charge in [0.25, 0.3) is 0 Å². The Morgan fingerprint density at radius 3 is 2.50 bits per heavy atom. The average molecular weight is 255 g/mol. The second kappa shape index (κ2) is 10.8. The van der Waals surface area contributed by atoms with Gasteiger partial charge in [0, 0.05) is 19.2 Å². The molecule has 1 N–H and O–H groups in total. The third kappa shape index (κ3) is 8.10. The van der Waals surface area contributed by atoms with Crippen LogP contribution in [0, 0.1) is 0 Å². The molecule has 0 aromatic heterocycles. The molecule has 108 valence electrons. The number of rotatable bonds is 10. The lowest BCUT2D eigenvalue weighted by molar-refractivity contribution is 0.0600. The normalized spacial score (nSPS) is 19.0. The monoisotopic (exact) mass is 255 g/mol. The minimum atomic E-state index is 0.373. The Morgan fingerprint density at radius 1 is 1.06 bits per heavy atom. The second-order valence-electron chi connectivity index (χ2n) is 5.84. The first-order valence-electron chi connectivity index (χ1n) is 8.18. The molecule has 0 amide bonds. The van der Waals surface area contributed by atoms with Crippen molar-refractivity contribution in [3.8, 4) is 0 Å². The second-order valence-corrected chi connectivity index (χ2v) is 5.84. The Kier molecular flexibility index (Phi) is 9.59. The van der Waals surface area contributed by atoms with E-state index >= 15 is 0 Å². The van der Waals surface area contributed by atoms with Crippen LogP contribution in [0.2, 0.25) is 0 Å². The molecule has 1 unspecified atom stereocenters. The molecule has 1 atom stereocenters. The van der Waals surface area contributed by atoms with Gasteiger partial charge in [-0.15, -0.1) is 0 Å². The van der Waals surface area contributed by atoms with Crippen molar-refractivity contribution in [2.24, 2.45) is 0 Å². The van der Waals surface area contributed by atoms with E-state index in [1.54, 1.807) is 0 Å². The summed E-state index contributed by atoms with van der Waals surface area (Å²) in [6, 6.07) is 0.759. The van der Waals surface area contributed by atoms with Crippen LogP contribution in [-0.4, -0.2) is 25.3 Å². The molecule has 1 saturated carbocycles. The number of nitrogens with one attached hydrogen (secondary N) is 1. The molecule has 0 radical (unpaired) electrons. The minimum absolute atomic E-state index is 0.373. The van der Waals surface area contributed by atoms with Crippen molar-refractivity contribution in [1.29, 1.82) is 0 Å². The molecule has 0 aromatic rings. The van der Waals surface area contributed by atoms with Crippen LogP contribution in [0.1, 0.15) is 78.1 Å². The van der Waals surface area contributed by atoms with Crippen molar-refractivity contribution in [3.63, 3.8) is 0 Å². The van der Waals surface area contributed by atoms with Gasteiger partial charge in [-0.25, -0.2) is 0 Å². The smallest absolute Gasteiger partial charge is 0.0671 e. The molecular formula is C16H33NO. The standard InChI is InChI=1S/C16H33NO/c1-3-4-5-6-10-13-18-15(2)14-17-16-11-8-7-9-12-16/h15-17H,3-14H2,1-2H3. The largest absolute Gasteiger partial charge is 0.377 e. The van der Waals surface area contributed by atoms with Crippen molar-refractivity contribution < 1.29 is 4.74 Å². The van der Waals surface area contributed by atoms with E-state index in [1.807, 2.05) is 0 Å². The van der Waals surface area contributed by atoms with Crippen LogP contribution in [0.25, 0.3) is 0 Å². The minimum Gasteiger partial charge on any atom is -0.377 e. The topological polar surface area (TPSA) is 21.3 Å². The van der Waals surface area contributed by atoms with Gasteiger partial charge >= 0.3 is 0 Å². The molecule has 1 rings (SSSR count). The van der Waals surface area contributed by atoms with Crippen LogP contribution < -0.4 is 5.32 Å². The lowest BCUT2D eigenvalue weighted by Gasteiger charge is -2.24. The van der Waals surface area contributed by atoms with Gasteiger partial charge in [-0.3, -0.25) is 0 Å². The van der Waals surface area contributed by atoms with Crippen LogP contribution in [-0.2, 0) is 4.74 Å². The van der Waals surface area contributed by atoms with Crippen molar-refractivity contribution >= 4 is 0 Å². The quantitative estimate of drug-likeness (QED) is 0.588. The summed E-state index contributed by atoms with van der Waals surface area (Å²) in [6.07, 6.45) is 14.0. The van der Waals surface area contributed by atoms with E-state index in [0.29, 0.717) is 6.10 Å². The SMILES string of the molecule is CCCCCCCOC(C)CNC1CCCCC1. The van der Waals surface area contributed by atoms with Gasteiger partial charge < -0.3 is 10.1 Å². The Hall–Kier alpha value is -0.0800. The molecule has 0 heterocycles. The van der Waals surface area contributed by atoms with Gasteiger partial charge in [-0.05, 0) is 26.2 Å². The van der Waals surface area contributed by atoms with Crippen molar-refractivity contribution in [2.75, 3.05) is 13.2 Å².